The predicted octanol–water partition coefficient (Wildman–Crippen LogP) is 5.95. The van der Waals surface area contributed by atoms with Crippen LogP contribution in [0.2, 0.25) is 5.02 Å². The van der Waals surface area contributed by atoms with Crippen LogP contribution in [0.3, 0.4) is 0 Å². The molecule has 2 N–H and O–H groups in total. The molecule has 4 nitrogen and oxygen atoms in total. The molecule has 0 spiro atoms. The van der Waals surface area contributed by atoms with Crippen molar-refractivity contribution in [3.05, 3.63) is 77.4 Å². The zero-order valence-electron chi connectivity index (χ0n) is 16.8. The van der Waals surface area contributed by atoms with Crippen molar-refractivity contribution in [2.75, 3.05) is 5.32 Å². The number of rotatable bonds is 5. The summed E-state index contributed by atoms with van der Waals surface area (Å²) in [5.74, 6) is 0.939. The lowest BCUT2D eigenvalue weighted by Gasteiger charge is -2.31. The van der Waals surface area contributed by atoms with Crippen molar-refractivity contribution in [3.63, 3.8) is 0 Å². The van der Waals surface area contributed by atoms with Crippen LogP contribution < -0.4 is 10.6 Å². The number of fused-ring (bicyclic) bond motifs is 2. The average Bonchev–Trinajstić information content (AvgIpc) is 2.78. The van der Waals surface area contributed by atoms with Gasteiger partial charge in [0.05, 0.1) is 11.0 Å². The van der Waals surface area contributed by atoms with Gasteiger partial charge in [0.25, 0.3) is 0 Å². The number of halogens is 1. The van der Waals surface area contributed by atoms with Gasteiger partial charge in [-0.1, -0.05) is 29.8 Å². The summed E-state index contributed by atoms with van der Waals surface area (Å²) in [7, 11) is 0. The second kappa shape index (κ2) is 8.58. The van der Waals surface area contributed by atoms with E-state index in [1.165, 1.54) is 30.2 Å². The lowest BCUT2D eigenvalue weighted by molar-refractivity contribution is 0.350. The second-order valence-electron chi connectivity index (χ2n) is 8.16. The highest BCUT2D eigenvalue weighted by atomic mass is 35.5. The summed E-state index contributed by atoms with van der Waals surface area (Å²) in [6.45, 7) is 0.851. The third-order valence-electron chi connectivity index (χ3n) is 5.92. The van der Waals surface area contributed by atoms with Crippen LogP contribution in [-0.4, -0.2) is 22.1 Å². The summed E-state index contributed by atoms with van der Waals surface area (Å²) in [5.41, 5.74) is 3.26. The summed E-state index contributed by atoms with van der Waals surface area (Å²) >= 11 is 6.08. The van der Waals surface area contributed by atoms with Crippen LogP contribution >= 0.6 is 11.6 Å². The minimum absolute atomic E-state index is 0.434. The van der Waals surface area contributed by atoms with Gasteiger partial charge in [-0.3, -0.25) is 4.98 Å². The summed E-state index contributed by atoms with van der Waals surface area (Å²) in [4.78, 5) is 9.34. The Labute approximate surface area is 181 Å². The molecule has 0 bridgehead atoms. The zero-order valence-corrected chi connectivity index (χ0v) is 17.6. The molecule has 1 fully saturated rings. The highest BCUT2D eigenvalue weighted by Crippen LogP contribution is 2.24. The van der Waals surface area contributed by atoms with Crippen molar-refractivity contribution in [3.8, 4) is 0 Å². The van der Waals surface area contributed by atoms with Gasteiger partial charge in [-0.15, -0.1) is 0 Å². The Morgan fingerprint density at radius 3 is 2.73 bits per heavy atom. The van der Waals surface area contributed by atoms with Gasteiger partial charge in [-0.25, -0.2) is 4.98 Å². The predicted molar refractivity (Wildman–Crippen MR) is 125 cm³/mol. The summed E-state index contributed by atoms with van der Waals surface area (Å²) < 4.78 is 0. The largest absolute Gasteiger partial charge is 0.367 e. The van der Waals surface area contributed by atoms with Crippen LogP contribution in [0, 0.1) is 0 Å². The molecule has 2 unspecified atom stereocenters. The average molecular weight is 417 g/mol. The monoisotopic (exact) mass is 416 g/mol. The van der Waals surface area contributed by atoms with Crippen molar-refractivity contribution in [1.29, 1.82) is 0 Å². The van der Waals surface area contributed by atoms with E-state index >= 15 is 0 Å². The first kappa shape index (κ1) is 19.3. The number of aromatic nitrogens is 2. The normalized spacial score (nSPS) is 19.2. The molecule has 1 aliphatic rings. The molecule has 5 rings (SSSR count). The van der Waals surface area contributed by atoms with Crippen LogP contribution in [0.15, 0.2) is 66.9 Å². The topological polar surface area (TPSA) is 49.8 Å². The minimum atomic E-state index is 0.434. The Kier molecular flexibility index (Phi) is 5.52. The lowest BCUT2D eigenvalue weighted by Crippen LogP contribution is -2.38. The third-order valence-corrected chi connectivity index (χ3v) is 6.15. The van der Waals surface area contributed by atoms with E-state index in [1.807, 2.05) is 30.5 Å². The first-order valence-corrected chi connectivity index (χ1v) is 11.0. The molecule has 2 aromatic heterocycles. The summed E-state index contributed by atoms with van der Waals surface area (Å²) in [6, 6.07) is 21.4. The van der Waals surface area contributed by atoms with Crippen LogP contribution in [-0.2, 0) is 6.54 Å². The van der Waals surface area contributed by atoms with Crippen LogP contribution in [0.5, 0.6) is 0 Å². The van der Waals surface area contributed by atoms with E-state index in [9.17, 15) is 0 Å². The van der Waals surface area contributed by atoms with E-state index in [4.69, 9.17) is 16.6 Å². The standard InChI is InChI=1S/C25H25ClN4/c26-20-9-10-24-19(13-20)8-11-25(30-24)29-22-6-3-5-21(14-22)27-15-17-12-18-4-1-2-7-23(18)28-16-17/h1-2,4,7-13,16,21-22,27H,3,5-6,14-15H2,(H,29,30). The molecule has 0 aliphatic heterocycles. The number of hydrogen-bond donors (Lipinski definition) is 2. The van der Waals surface area contributed by atoms with Crippen LogP contribution in [0.4, 0.5) is 5.82 Å². The number of benzene rings is 2. The fourth-order valence-corrected chi connectivity index (χ4v) is 4.55. The van der Waals surface area contributed by atoms with Gasteiger partial charge in [-0.2, -0.15) is 0 Å². The number of nitrogens with one attached hydrogen (secondary N) is 2. The van der Waals surface area contributed by atoms with Gasteiger partial charge in [0.15, 0.2) is 0 Å². The van der Waals surface area contributed by atoms with Crippen molar-refractivity contribution in [2.45, 2.75) is 44.3 Å². The maximum Gasteiger partial charge on any atom is 0.126 e. The molecule has 0 amide bonds. The first-order chi connectivity index (χ1) is 14.7. The number of pyridine rings is 2. The Balaban J connectivity index is 1.20. The SMILES string of the molecule is Clc1ccc2nc(NC3CCCC(NCc4cnc5ccccc5c4)C3)ccc2c1. The molecular formula is C25H25ClN4. The Morgan fingerprint density at radius 1 is 0.900 bits per heavy atom. The van der Waals surface area contributed by atoms with Gasteiger partial charge >= 0.3 is 0 Å². The van der Waals surface area contributed by atoms with E-state index in [0.29, 0.717) is 12.1 Å². The van der Waals surface area contributed by atoms with Crippen LogP contribution in [0.1, 0.15) is 31.2 Å². The molecule has 1 saturated carbocycles. The quantitative estimate of drug-likeness (QED) is 0.422. The van der Waals surface area contributed by atoms with Crippen molar-refractivity contribution >= 4 is 39.2 Å². The molecule has 2 aromatic carbocycles. The number of para-hydroxylation sites is 1. The fourth-order valence-electron chi connectivity index (χ4n) is 4.37. The highest BCUT2D eigenvalue weighted by molar-refractivity contribution is 6.31. The summed E-state index contributed by atoms with van der Waals surface area (Å²) in [6.07, 6.45) is 6.69. The maximum absolute atomic E-state index is 6.08. The second-order valence-corrected chi connectivity index (χ2v) is 8.59. The molecule has 0 radical (unpaired) electrons. The van der Waals surface area contributed by atoms with E-state index < -0.39 is 0 Å². The summed E-state index contributed by atoms with van der Waals surface area (Å²) in [5, 5.41) is 10.4. The number of hydrogen-bond acceptors (Lipinski definition) is 4. The number of anilines is 1. The molecule has 1 aliphatic carbocycles. The fraction of sp³-hybridized carbons (Fsp3) is 0.280. The number of nitrogens with zero attached hydrogens (tertiary/aromatic N) is 2. The molecule has 30 heavy (non-hydrogen) atoms. The van der Waals surface area contributed by atoms with Gasteiger partial charge < -0.3 is 10.6 Å². The first-order valence-electron chi connectivity index (χ1n) is 10.6. The van der Waals surface area contributed by atoms with E-state index in [1.54, 1.807) is 0 Å². The maximum atomic E-state index is 6.08. The van der Waals surface area contributed by atoms with Crippen molar-refractivity contribution < 1.29 is 0 Å². The Hall–Kier alpha value is -2.69. The van der Waals surface area contributed by atoms with E-state index in [0.717, 1.165) is 40.2 Å². The molecule has 2 atom stereocenters. The van der Waals surface area contributed by atoms with Gasteiger partial charge in [-0.05, 0) is 73.7 Å². The molecule has 5 heteroatoms. The van der Waals surface area contributed by atoms with Gasteiger partial charge in [0.2, 0.25) is 0 Å². The van der Waals surface area contributed by atoms with Crippen molar-refractivity contribution in [2.24, 2.45) is 0 Å². The smallest absolute Gasteiger partial charge is 0.126 e. The van der Waals surface area contributed by atoms with E-state index in [2.05, 4.69) is 52.0 Å². The van der Waals surface area contributed by atoms with E-state index in [-0.39, 0.29) is 0 Å². The highest BCUT2D eigenvalue weighted by Gasteiger charge is 2.22. The molecule has 152 valence electrons. The molecular weight excluding hydrogens is 392 g/mol. The minimum Gasteiger partial charge on any atom is -0.367 e. The van der Waals surface area contributed by atoms with Crippen molar-refractivity contribution in [1.82, 2.24) is 15.3 Å². The van der Waals surface area contributed by atoms with Crippen LogP contribution in [0.25, 0.3) is 21.8 Å². The third kappa shape index (κ3) is 4.40. The zero-order chi connectivity index (χ0) is 20.3. The van der Waals surface area contributed by atoms with Gasteiger partial charge in [0.1, 0.15) is 5.82 Å². The molecule has 4 aromatic rings. The lowest BCUT2D eigenvalue weighted by atomic mass is 9.91. The molecule has 2 heterocycles. The Morgan fingerprint density at radius 2 is 1.77 bits per heavy atom. The Bertz CT molecular complexity index is 1180. The van der Waals surface area contributed by atoms with Gasteiger partial charge in [0, 0.05) is 40.6 Å². The molecule has 0 saturated heterocycles.